The molecule has 0 atom stereocenters. The maximum Gasteiger partial charge on any atom is 0.282 e. The Bertz CT molecular complexity index is 1030. The summed E-state index contributed by atoms with van der Waals surface area (Å²) in [4.78, 5) is 17.6. The first-order valence-electron chi connectivity index (χ1n) is 7.82. The zero-order valence-electron chi connectivity index (χ0n) is 14.2. The van der Waals surface area contributed by atoms with Gasteiger partial charge in [0.2, 0.25) is 0 Å². The van der Waals surface area contributed by atoms with Crippen molar-refractivity contribution in [3.8, 4) is 5.75 Å². The van der Waals surface area contributed by atoms with Crippen molar-refractivity contribution in [3.63, 3.8) is 0 Å². The van der Waals surface area contributed by atoms with Crippen LogP contribution in [-0.2, 0) is 5.41 Å². The molecule has 0 unspecified atom stereocenters. The number of hydrogen-bond donors (Lipinski definition) is 1. The molecule has 0 bridgehead atoms. The Morgan fingerprint density at radius 1 is 1.20 bits per heavy atom. The van der Waals surface area contributed by atoms with E-state index in [1.807, 2.05) is 32.9 Å². The number of aromatic nitrogens is 2. The molecule has 3 aromatic rings. The highest BCUT2D eigenvalue weighted by molar-refractivity contribution is 9.10. The summed E-state index contributed by atoms with van der Waals surface area (Å²) in [5.41, 5.74) is 0.743. The normalized spacial score (nSPS) is 12.2. The summed E-state index contributed by atoms with van der Waals surface area (Å²) in [6, 6.07) is 12.1. The molecule has 3 rings (SSSR count). The van der Waals surface area contributed by atoms with Crippen LogP contribution in [0.15, 0.2) is 56.8 Å². The van der Waals surface area contributed by atoms with Crippen LogP contribution in [0.4, 0.5) is 0 Å². The third kappa shape index (κ3) is 3.64. The molecule has 0 aliphatic rings. The standard InChI is InChI=1S/C19H18BrN3O2/c1-19(2,3)18-22-16-8-7-13(20)10-15(16)17(25)23(18)21-11-12-5-4-6-14(24)9-12/h4-11,24H,1-3H3. The molecule has 0 spiro atoms. The molecule has 6 heteroatoms. The van der Waals surface area contributed by atoms with Crippen molar-refractivity contribution in [1.29, 1.82) is 0 Å². The molecular formula is C19H18BrN3O2. The number of hydrogen-bond acceptors (Lipinski definition) is 4. The van der Waals surface area contributed by atoms with Crippen molar-refractivity contribution >= 4 is 33.0 Å². The number of fused-ring (bicyclic) bond motifs is 1. The van der Waals surface area contributed by atoms with Crippen LogP contribution in [0.3, 0.4) is 0 Å². The molecule has 0 saturated carbocycles. The van der Waals surface area contributed by atoms with Crippen LogP contribution < -0.4 is 5.56 Å². The largest absolute Gasteiger partial charge is 0.508 e. The van der Waals surface area contributed by atoms with Crippen LogP contribution in [0.2, 0.25) is 0 Å². The van der Waals surface area contributed by atoms with E-state index < -0.39 is 0 Å². The van der Waals surface area contributed by atoms with Crippen LogP contribution in [0.1, 0.15) is 32.2 Å². The fourth-order valence-electron chi connectivity index (χ4n) is 2.47. The average molecular weight is 400 g/mol. The van der Waals surface area contributed by atoms with E-state index in [9.17, 15) is 9.90 Å². The van der Waals surface area contributed by atoms with E-state index in [-0.39, 0.29) is 16.7 Å². The van der Waals surface area contributed by atoms with Crippen LogP contribution >= 0.6 is 15.9 Å². The quantitative estimate of drug-likeness (QED) is 0.661. The molecular weight excluding hydrogens is 382 g/mol. The van der Waals surface area contributed by atoms with Gasteiger partial charge in [-0.05, 0) is 35.9 Å². The van der Waals surface area contributed by atoms with Gasteiger partial charge < -0.3 is 5.11 Å². The molecule has 5 nitrogen and oxygen atoms in total. The van der Waals surface area contributed by atoms with Crippen molar-refractivity contribution in [3.05, 3.63) is 68.7 Å². The Morgan fingerprint density at radius 2 is 1.96 bits per heavy atom. The van der Waals surface area contributed by atoms with Crippen LogP contribution in [0, 0.1) is 0 Å². The van der Waals surface area contributed by atoms with Crippen molar-refractivity contribution in [2.75, 3.05) is 0 Å². The second-order valence-corrected chi connectivity index (χ2v) is 7.72. The van der Waals surface area contributed by atoms with Gasteiger partial charge in [-0.3, -0.25) is 4.79 Å². The predicted octanol–water partition coefficient (Wildman–Crippen LogP) is 4.04. The van der Waals surface area contributed by atoms with Crippen molar-refractivity contribution in [2.24, 2.45) is 5.10 Å². The Balaban J connectivity index is 2.24. The summed E-state index contributed by atoms with van der Waals surface area (Å²) in [7, 11) is 0. The minimum Gasteiger partial charge on any atom is -0.508 e. The minimum atomic E-state index is -0.364. The molecule has 0 radical (unpaired) electrons. The summed E-state index contributed by atoms with van der Waals surface area (Å²) in [5.74, 6) is 0.719. The van der Waals surface area contributed by atoms with E-state index in [1.54, 1.807) is 36.5 Å². The van der Waals surface area contributed by atoms with Crippen molar-refractivity contribution in [2.45, 2.75) is 26.2 Å². The Morgan fingerprint density at radius 3 is 2.64 bits per heavy atom. The average Bonchev–Trinajstić information content (AvgIpc) is 2.53. The Hall–Kier alpha value is -2.47. The molecule has 1 N–H and O–H groups in total. The lowest BCUT2D eigenvalue weighted by Gasteiger charge is -2.20. The lowest BCUT2D eigenvalue weighted by molar-refractivity contribution is 0.475. The van der Waals surface area contributed by atoms with Crippen LogP contribution in [0.25, 0.3) is 10.9 Å². The van der Waals surface area contributed by atoms with E-state index in [4.69, 9.17) is 0 Å². The van der Waals surface area contributed by atoms with Crippen molar-refractivity contribution in [1.82, 2.24) is 9.66 Å². The van der Waals surface area contributed by atoms with Gasteiger partial charge in [0, 0.05) is 9.89 Å². The summed E-state index contributed by atoms with van der Waals surface area (Å²) < 4.78 is 2.14. The second kappa shape index (κ2) is 6.44. The summed E-state index contributed by atoms with van der Waals surface area (Å²) >= 11 is 3.39. The van der Waals surface area contributed by atoms with Gasteiger partial charge in [0.15, 0.2) is 0 Å². The molecule has 0 aliphatic heterocycles. The predicted molar refractivity (Wildman–Crippen MR) is 104 cm³/mol. The van der Waals surface area contributed by atoms with Gasteiger partial charge in [0.25, 0.3) is 5.56 Å². The minimum absolute atomic E-state index is 0.146. The van der Waals surface area contributed by atoms with Gasteiger partial charge in [0.05, 0.1) is 17.1 Å². The van der Waals surface area contributed by atoms with Gasteiger partial charge in [0.1, 0.15) is 11.6 Å². The molecule has 1 heterocycles. The molecule has 1 aromatic heterocycles. The second-order valence-electron chi connectivity index (χ2n) is 6.80. The number of phenolic OH excluding ortho intramolecular Hbond substituents is 1. The number of benzene rings is 2. The van der Waals surface area contributed by atoms with Gasteiger partial charge in [-0.25, -0.2) is 4.98 Å². The highest BCUT2D eigenvalue weighted by Gasteiger charge is 2.22. The molecule has 0 amide bonds. The molecule has 2 aromatic carbocycles. The lowest BCUT2D eigenvalue weighted by Crippen LogP contribution is -2.29. The third-order valence-corrected chi connectivity index (χ3v) is 4.16. The molecule has 25 heavy (non-hydrogen) atoms. The number of aromatic hydroxyl groups is 1. The van der Waals surface area contributed by atoms with Gasteiger partial charge in [-0.2, -0.15) is 9.78 Å². The summed E-state index contributed by atoms with van der Waals surface area (Å²) in [6.07, 6.45) is 1.54. The first-order chi connectivity index (χ1) is 11.8. The van der Waals surface area contributed by atoms with Crippen LogP contribution in [0.5, 0.6) is 5.75 Å². The number of nitrogens with zero attached hydrogens (tertiary/aromatic N) is 3. The Kier molecular flexibility index (Phi) is 4.47. The summed E-state index contributed by atoms with van der Waals surface area (Å²) in [5, 5.41) is 14.4. The van der Waals surface area contributed by atoms with Gasteiger partial charge >= 0.3 is 0 Å². The smallest absolute Gasteiger partial charge is 0.282 e. The maximum atomic E-state index is 13.0. The zero-order valence-corrected chi connectivity index (χ0v) is 15.8. The lowest BCUT2D eigenvalue weighted by atomic mass is 9.95. The zero-order chi connectivity index (χ0) is 18.2. The van der Waals surface area contributed by atoms with Gasteiger partial charge in [-0.15, -0.1) is 0 Å². The maximum absolute atomic E-state index is 13.0. The highest BCUT2D eigenvalue weighted by atomic mass is 79.9. The van der Waals surface area contributed by atoms with Gasteiger partial charge in [-0.1, -0.05) is 48.8 Å². The highest BCUT2D eigenvalue weighted by Crippen LogP contribution is 2.23. The number of rotatable bonds is 2. The van der Waals surface area contributed by atoms with Crippen molar-refractivity contribution < 1.29 is 5.11 Å². The fraction of sp³-hybridized carbons (Fsp3) is 0.211. The third-order valence-electron chi connectivity index (χ3n) is 3.67. The van der Waals surface area contributed by atoms with E-state index in [2.05, 4.69) is 26.0 Å². The Labute approximate surface area is 153 Å². The monoisotopic (exact) mass is 399 g/mol. The topological polar surface area (TPSA) is 67.5 Å². The SMILES string of the molecule is CC(C)(C)c1nc2ccc(Br)cc2c(=O)n1N=Cc1cccc(O)c1. The van der Waals surface area contributed by atoms with E-state index in [0.29, 0.717) is 22.3 Å². The summed E-state index contributed by atoms with van der Waals surface area (Å²) in [6.45, 7) is 5.96. The molecule has 0 aliphatic carbocycles. The van der Waals surface area contributed by atoms with Crippen LogP contribution in [-0.4, -0.2) is 21.0 Å². The molecule has 0 fully saturated rings. The van der Waals surface area contributed by atoms with E-state index >= 15 is 0 Å². The first-order valence-corrected chi connectivity index (χ1v) is 8.61. The molecule has 0 saturated heterocycles. The van der Waals surface area contributed by atoms with E-state index in [1.165, 1.54) is 4.68 Å². The van der Waals surface area contributed by atoms with E-state index in [0.717, 1.165) is 4.47 Å². The molecule has 128 valence electrons. The fourth-order valence-corrected chi connectivity index (χ4v) is 2.83. The number of phenols is 1. The number of halogens is 1. The first kappa shape index (κ1) is 17.4.